The maximum absolute atomic E-state index is 11.7. The van der Waals surface area contributed by atoms with E-state index in [2.05, 4.69) is 33.4 Å². The molecule has 1 N–H and O–H groups in total. The third-order valence-electron chi connectivity index (χ3n) is 3.37. The first-order chi connectivity index (χ1) is 9.90. The van der Waals surface area contributed by atoms with E-state index in [0.717, 1.165) is 16.5 Å². The van der Waals surface area contributed by atoms with E-state index in [0.29, 0.717) is 4.90 Å². The molecule has 0 bridgehead atoms. The van der Waals surface area contributed by atoms with E-state index in [4.69, 9.17) is 0 Å². The molecule has 2 aromatic carbocycles. The maximum atomic E-state index is 11.7. The summed E-state index contributed by atoms with van der Waals surface area (Å²) in [5, 5.41) is 3.25. The molecule has 21 heavy (non-hydrogen) atoms. The third kappa shape index (κ3) is 4.40. The summed E-state index contributed by atoms with van der Waals surface area (Å²) in [6.07, 6.45) is 2.03. The van der Waals surface area contributed by atoms with E-state index in [1.54, 1.807) is 18.2 Å². The average molecular weight is 368 g/mol. The van der Waals surface area contributed by atoms with Crippen LogP contribution in [0.3, 0.4) is 0 Å². The van der Waals surface area contributed by atoms with Gasteiger partial charge in [-0.05, 0) is 48.9 Å². The minimum Gasteiger partial charge on any atom is -0.313 e. The second kappa shape index (κ2) is 6.73. The topological polar surface area (TPSA) is 46.2 Å². The molecule has 112 valence electrons. The normalized spacial score (nSPS) is 13.1. The van der Waals surface area contributed by atoms with Crippen molar-refractivity contribution < 1.29 is 8.42 Å². The lowest BCUT2D eigenvalue weighted by atomic mass is 9.99. The van der Waals surface area contributed by atoms with Crippen molar-refractivity contribution in [3.8, 4) is 0 Å². The Kier molecular flexibility index (Phi) is 5.19. The number of halogens is 1. The zero-order valence-electron chi connectivity index (χ0n) is 12.0. The van der Waals surface area contributed by atoms with Gasteiger partial charge in [-0.1, -0.05) is 40.2 Å². The molecule has 0 saturated carbocycles. The van der Waals surface area contributed by atoms with Crippen LogP contribution in [0.2, 0.25) is 0 Å². The number of nitrogens with one attached hydrogen (secondary N) is 1. The number of rotatable bonds is 5. The molecule has 0 aliphatic heterocycles. The minimum absolute atomic E-state index is 0.0704. The van der Waals surface area contributed by atoms with Gasteiger partial charge in [-0.25, -0.2) is 8.42 Å². The first-order valence-electron chi connectivity index (χ1n) is 6.62. The Bertz CT molecular complexity index is 729. The lowest BCUT2D eigenvalue weighted by Gasteiger charge is -2.17. The van der Waals surface area contributed by atoms with Crippen molar-refractivity contribution in [1.29, 1.82) is 0 Å². The monoisotopic (exact) mass is 367 g/mol. The Morgan fingerprint density at radius 3 is 2.48 bits per heavy atom. The molecule has 1 atom stereocenters. The SMILES string of the molecule is CNC(Cc1cccc(Br)c1)c1cccc(S(C)(=O)=O)c1. The summed E-state index contributed by atoms with van der Waals surface area (Å²) in [6.45, 7) is 0. The molecule has 5 heteroatoms. The zero-order chi connectivity index (χ0) is 15.5. The molecule has 2 rings (SSSR count). The number of sulfone groups is 1. The maximum Gasteiger partial charge on any atom is 0.175 e. The first kappa shape index (κ1) is 16.2. The van der Waals surface area contributed by atoms with Gasteiger partial charge in [0, 0.05) is 16.8 Å². The van der Waals surface area contributed by atoms with Gasteiger partial charge in [-0.15, -0.1) is 0 Å². The Hall–Kier alpha value is -1.17. The predicted molar refractivity (Wildman–Crippen MR) is 89.2 cm³/mol. The molecule has 0 fully saturated rings. The highest BCUT2D eigenvalue weighted by Crippen LogP contribution is 2.22. The van der Waals surface area contributed by atoms with Crippen molar-refractivity contribution in [3.05, 3.63) is 64.1 Å². The lowest BCUT2D eigenvalue weighted by molar-refractivity contribution is 0.587. The molecule has 0 heterocycles. The van der Waals surface area contributed by atoms with Crippen molar-refractivity contribution in [3.63, 3.8) is 0 Å². The van der Waals surface area contributed by atoms with E-state index in [-0.39, 0.29) is 6.04 Å². The van der Waals surface area contributed by atoms with Crippen LogP contribution in [0.15, 0.2) is 57.9 Å². The second-order valence-corrected chi connectivity index (χ2v) is 7.95. The van der Waals surface area contributed by atoms with Gasteiger partial charge in [0.2, 0.25) is 0 Å². The highest BCUT2D eigenvalue weighted by Gasteiger charge is 2.14. The largest absolute Gasteiger partial charge is 0.313 e. The van der Waals surface area contributed by atoms with Gasteiger partial charge in [-0.3, -0.25) is 0 Å². The van der Waals surface area contributed by atoms with E-state index < -0.39 is 9.84 Å². The van der Waals surface area contributed by atoms with Crippen LogP contribution in [-0.4, -0.2) is 21.7 Å². The molecule has 3 nitrogen and oxygen atoms in total. The van der Waals surface area contributed by atoms with Crippen molar-refractivity contribution >= 4 is 25.8 Å². The summed E-state index contributed by atoms with van der Waals surface area (Å²) in [7, 11) is -1.30. The van der Waals surface area contributed by atoms with Crippen LogP contribution in [0.4, 0.5) is 0 Å². The van der Waals surface area contributed by atoms with Crippen molar-refractivity contribution in [2.45, 2.75) is 17.4 Å². The molecular weight excluding hydrogens is 350 g/mol. The molecule has 2 aromatic rings. The second-order valence-electron chi connectivity index (χ2n) is 5.02. The molecule has 0 spiro atoms. The Morgan fingerprint density at radius 1 is 1.14 bits per heavy atom. The van der Waals surface area contributed by atoms with Gasteiger partial charge in [0.15, 0.2) is 9.84 Å². The van der Waals surface area contributed by atoms with E-state index >= 15 is 0 Å². The van der Waals surface area contributed by atoms with Crippen LogP contribution in [0.5, 0.6) is 0 Å². The highest BCUT2D eigenvalue weighted by molar-refractivity contribution is 9.10. The molecular formula is C16H18BrNO2S. The molecule has 0 aliphatic rings. The van der Waals surface area contributed by atoms with Crippen molar-refractivity contribution in [2.75, 3.05) is 13.3 Å². The standard InChI is InChI=1S/C16H18BrNO2S/c1-18-16(10-12-5-3-7-14(17)9-12)13-6-4-8-15(11-13)21(2,19)20/h3-9,11,16,18H,10H2,1-2H3. The van der Waals surface area contributed by atoms with Crippen LogP contribution in [0.1, 0.15) is 17.2 Å². The van der Waals surface area contributed by atoms with Gasteiger partial charge in [0.25, 0.3) is 0 Å². The predicted octanol–water partition coefficient (Wildman–Crippen LogP) is 3.36. The fourth-order valence-corrected chi connectivity index (χ4v) is 3.37. The summed E-state index contributed by atoms with van der Waals surface area (Å²) in [6, 6.07) is 15.3. The minimum atomic E-state index is -3.18. The summed E-state index contributed by atoms with van der Waals surface area (Å²) >= 11 is 3.47. The summed E-state index contributed by atoms with van der Waals surface area (Å²) in [5.41, 5.74) is 2.16. The Balaban J connectivity index is 2.29. The molecule has 0 saturated heterocycles. The van der Waals surface area contributed by atoms with E-state index in [1.807, 2.05) is 25.2 Å². The average Bonchev–Trinajstić information content (AvgIpc) is 2.44. The highest BCUT2D eigenvalue weighted by atomic mass is 79.9. The fourth-order valence-electron chi connectivity index (χ4n) is 2.25. The van der Waals surface area contributed by atoms with Crippen LogP contribution in [0.25, 0.3) is 0 Å². The van der Waals surface area contributed by atoms with Crippen molar-refractivity contribution in [1.82, 2.24) is 5.32 Å². The summed E-state index contributed by atoms with van der Waals surface area (Å²) < 4.78 is 24.4. The van der Waals surface area contributed by atoms with Crippen molar-refractivity contribution in [2.24, 2.45) is 0 Å². The van der Waals surface area contributed by atoms with Crippen LogP contribution >= 0.6 is 15.9 Å². The summed E-state index contributed by atoms with van der Waals surface area (Å²) in [4.78, 5) is 0.356. The fraction of sp³-hybridized carbons (Fsp3) is 0.250. The summed E-state index contributed by atoms with van der Waals surface area (Å²) in [5.74, 6) is 0. The number of hydrogen-bond acceptors (Lipinski definition) is 3. The number of hydrogen-bond donors (Lipinski definition) is 1. The van der Waals surface area contributed by atoms with Gasteiger partial charge in [0.05, 0.1) is 4.90 Å². The zero-order valence-corrected chi connectivity index (χ0v) is 14.4. The molecule has 0 amide bonds. The van der Waals surface area contributed by atoms with Gasteiger partial charge in [-0.2, -0.15) is 0 Å². The lowest BCUT2D eigenvalue weighted by Crippen LogP contribution is -2.19. The van der Waals surface area contributed by atoms with E-state index in [1.165, 1.54) is 11.8 Å². The third-order valence-corrected chi connectivity index (χ3v) is 4.97. The van der Waals surface area contributed by atoms with Gasteiger partial charge < -0.3 is 5.32 Å². The van der Waals surface area contributed by atoms with Crippen LogP contribution in [0, 0.1) is 0 Å². The van der Waals surface area contributed by atoms with E-state index in [9.17, 15) is 8.42 Å². The molecule has 0 aliphatic carbocycles. The molecule has 1 unspecified atom stereocenters. The van der Waals surface area contributed by atoms with Gasteiger partial charge >= 0.3 is 0 Å². The van der Waals surface area contributed by atoms with Crippen LogP contribution < -0.4 is 5.32 Å². The number of likely N-dealkylation sites (N-methyl/N-ethyl adjacent to an activating group) is 1. The molecule has 0 aromatic heterocycles. The first-order valence-corrected chi connectivity index (χ1v) is 9.30. The van der Waals surface area contributed by atoms with Crippen LogP contribution in [-0.2, 0) is 16.3 Å². The smallest absolute Gasteiger partial charge is 0.175 e. The quantitative estimate of drug-likeness (QED) is 0.881. The Labute approximate surface area is 134 Å². The molecule has 0 radical (unpaired) electrons. The number of benzene rings is 2. The van der Waals surface area contributed by atoms with Gasteiger partial charge in [0.1, 0.15) is 0 Å². The Morgan fingerprint density at radius 2 is 1.86 bits per heavy atom.